The van der Waals surface area contributed by atoms with Crippen LogP contribution in [0.2, 0.25) is 5.02 Å². The lowest BCUT2D eigenvalue weighted by Gasteiger charge is -2.14. The highest BCUT2D eigenvalue weighted by molar-refractivity contribution is 6.30. The summed E-state index contributed by atoms with van der Waals surface area (Å²) >= 11 is 5.90. The Morgan fingerprint density at radius 1 is 1.50 bits per heavy atom. The average molecular weight is 267 g/mol. The number of imidazole rings is 1. The van der Waals surface area contributed by atoms with Gasteiger partial charge in [-0.25, -0.2) is 4.98 Å². The van der Waals surface area contributed by atoms with E-state index in [-0.39, 0.29) is 0 Å². The van der Waals surface area contributed by atoms with E-state index in [0.29, 0.717) is 29.5 Å². The van der Waals surface area contributed by atoms with Crippen molar-refractivity contribution < 1.29 is 9.84 Å². The van der Waals surface area contributed by atoms with Crippen molar-refractivity contribution in [3.8, 4) is 5.75 Å². The van der Waals surface area contributed by atoms with E-state index in [2.05, 4.69) is 4.98 Å². The Balaban J connectivity index is 2.00. The average Bonchev–Trinajstić information content (AvgIpc) is 2.84. The maximum atomic E-state index is 9.66. The number of aromatic nitrogens is 2. The minimum Gasteiger partial charge on any atom is -0.491 e. The Morgan fingerprint density at radius 2 is 2.33 bits per heavy atom. The van der Waals surface area contributed by atoms with Gasteiger partial charge in [-0.1, -0.05) is 11.6 Å². The molecule has 0 aliphatic rings. The van der Waals surface area contributed by atoms with Crippen LogP contribution in [0, 0.1) is 0 Å². The third kappa shape index (κ3) is 3.24. The number of aliphatic hydroxyl groups is 1. The molecule has 0 fully saturated rings. The number of benzene rings is 1. The van der Waals surface area contributed by atoms with Gasteiger partial charge in [-0.15, -0.1) is 0 Å². The van der Waals surface area contributed by atoms with Crippen LogP contribution in [-0.4, -0.2) is 21.3 Å². The van der Waals surface area contributed by atoms with Crippen LogP contribution < -0.4 is 4.74 Å². The zero-order valence-electron chi connectivity index (χ0n) is 10.1. The first-order chi connectivity index (χ1) is 8.66. The first-order valence-electron chi connectivity index (χ1n) is 5.73. The van der Waals surface area contributed by atoms with Gasteiger partial charge in [0.2, 0.25) is 0 Å². The third-order valence-electron chi connectivity index (χ3n) is 2.59. The van der Waals surface area contributed by atoms with Gasteiger partial charge in [-0.2, -0.15) is 0 Å². The molecule has 96 valence electrons. The van der Waals surface area contributed by atoms with E-state index < -0.39 is 6.10 Å². The molecule has 18 heavy (non-hydrogen) atoms. The SMILES string of the molecule is C[C@@H](O)c1cc(Cl)ccc1OCCn1ccnc1. The fourth-order valence-corrected chi connectivity index (χ4v) is 1.84. The molecular weight excluding hydrogens is 252 g/mol. The summed E-state index contributed by atoms with van der Waals surface area (Å²) in [5.74, 6) is 0.662. The van der Waals surface area contributed by atoms with Crippen LogP contribution in [0.25, 0.3) is 0 Å². The van der Waals surface area contributed by atoms with Crippen LogP contribution in [0.5, 0.6) is 5.75 Å². The predicted octanol–water partition coefficient (Wildman–Crippen LogP) is 2.67. The summed E-state index contributed by atoms with van der Waals surface area (Å²) in [6.07, 6.45) is 4.73. The Bertz CT molecular complexity index is 498. The van der Waals surface area contributed by atoms with Crippen LogP contribution in [0.1, 0.15) is 18.6 Å². The number of hydrogen-bond donors (Lipinski definition) is 1. The zero-order chi connectivity index (χ0) is 13.0. The lowest BCUT2D eigenvalue weighted by molar-refractivity contribution is 0.190. The van der Waals surface area contributed by atoms with Gasteiger partial charge < -0.3 is 14.4 Å². The van der Waals surface area contributed by atoms with E-state index >= 15 is 0 Å². The number of hydrogen-bond acceptors (Lipinski definition) is 3. The van der Waals surface area contributed by atoms with E-state index in [1.807, 2.05) is 10.8 Å². The maximum Gasteiger partial charge on any atom is 0.125 e. The lowest BCUT2D eigenvalue weighted by Crippen LogP contribution is -2.08. The summed E-state index contributed by atoms with van der Waals surface area (Å²) in [6, 6.07) is 5.25. The van der Waals surface area contributed by atoms with Crippen LogP contribution in [-0.2, 0) is 6.54 Å². The quantitative estimate of drug-likeness (QED) is 0.905. The normalized spacial score (nSPS) is 12.4. The van der Waals surface area contributed by atoms with Gasteiger partial charge in [0.05, 0.1) is 19.0 Å². The summed E-state index contributed by atoms with van der Waals surface area (Å²) in [4.78, 5) is 3.96. The highest BCUT2D eigenvalue weighted by atomic mass is 35.5. The smallest absolute Gasteiger partial charge is 0.125 e. The summed E-state index contributed by atoms with van der Waals surface area (Å²) in [5, 5.41) is 10.2. The van der Waals surface area contributed by atoms with Gasteiger partial charge in [-0.3, -0.25) is 0 Å². The van der Waals surface area contributed by atoms with E-state index in [9.17, 15) is 5.11 Å². The Morgan fingerprint density at radius 3 is 3.00 bits per heavy atom. The molecule has 1 heterocycles. The highest BCUT2D eigenvalue weighted by Crippen LogP contribution is 2.28. The number of rotatable bonds is 5. The first kappa shape index (κ1) is 12.9. The lowest BCUT2D eigenvalue weighted by atomic mass is 10.1. The molecule has 1 aromatic carbocycles. The van der Waals surface area contributed by atoms with Gasteiger partial charge in [0.25, 0.3) is 0 Å². The van der Waals surface area contributed by atoms with Crippen molar-refractivity contribution in [3.63, 3.8) is 0 Å². The molecular formula is C13H15ClN2O2. The van der Waals surface area contributed by atoms with Crippen molar-refractivity contribution in [2.75, 3.05) is 6.61 Å². The molecule has 0 amide bonds. The molecule has 0 unspecified atom stereocenters. The molecule has 2 aromatic rings. The van der Waals surface area contributed by atoms with Crippen molar-refractivity contribution in [2.45, 2.75) is 19.6 Å². The predicted molar refractivity (Wildman–Crippen MR) is 69.8 cm³/mol. The Hall–Kier alpha value is -1.52. The minimum atomic E-state index is -0.605. The zero-order valence-corrected chi connectivity index (χ0v) is 10.8. The van der Waals surface area contributed by atoms with Crippen LogP contribution in [0.15, 0.2) is 36.9 Å². The number of ether oxygens (including phenoxy) is 1. The molecule has 0 bridgehead atoms. The van der Waals surface area contributed by atoms with Crippen LogP contribution >= 0.6 is 11.6 Å². The molecule has 4 nitrogen and oxygen atoms in total. The fraction of sp³-hybridized carbons (Fsp3) is 0.308. The fourth-order valence-electron chi connectivity index (χ4n) is 1.66. The molecule has 0 aliphatic carbocycles. The summed E-state index contributed by atoms with van der Waals surface area (Å²) in [7, 11) is 0. The van der Waals surface area contributed by atoms with E-state index in [0.717, 1.165) is 0 Å². The van der Waals surface area contributed by atoms with Crippen molar-refractivity contribution in [1.82, 2.24) is 9.55 Å². The second-order valence-corrected chi connectivity index (χ2v) is 4.44. The molecule has 0 saturated carbocycles. The molecule has 0 spiro atoms. The van der Waals surface area contributed by atoms with Gasteiger partial charge in [0, 0.05) is 23.0 Å². The van der Waals surface area contributed by atoms with Crippen molar-refractivity contribution in [1.29, 1.82) is 0 Å². The first-order valence-corrected chi connectivity index (χ1v) is 6.10. The van der Waals surface area contributed by atoms with E-state index in [1.165, 1.54) is 0 Å². The highest BCUT2D eigenvalue weighted by Gasteiger charge is 2.09. The van der Waals surface area contributed by atoms with E-state index in [4.69, 9.17) is 16.3 Å². The standard InChI is InChI=1S/C13H15ClN2O2/c1-10(17)12-8-11(14)2-3-13(12)18-7-6-16-5-4-15-9-16/h2-5,8-10,17H,6-7H2,1H3/t10-/m1/s1. The van der Waals surface area contributed by atoms with Gasteiger partial charge >= 0.3 is 0 Å². The minimum absolute atomic E-state index is 0.512. The molecule has 1 N–H and O–H groups in total. The monoisotopic (exact) mass is 266 g/mol. The molecule has 1 atom stereocenters. The number of aliphatic hydroxyl groups excluding tert-OH is 1. The van der Waals surface area contributed by atoms with Crippen molar-refractivity contribution in [3.05, 3.63) is 47.5 Å². The maximum absolute atomic E-state index is 9.66. The topological polar surface area (TPSA) is 47.3 Å². The van der Waals surface area contributed by atoms with Gasteiger partial charge in [-0.05, 0) is 25.1 Å². The second kappa shape index (κ2) is 5.89. The molecule has 0 aliphatic heterocycles. The molecule has 5 heteroatoms. The number of nitrogens with zero attached hydrogens (tertiary/aromatic N) is 2. The van der Waals surface area contributed by atoms with Crippen molar-refractivity contribution in [2.24, 2.45) is 0 Å². The second-order valence-electron chi connectivity index (χ2n) is 4.01. The van der Waals surface area contributed by atoms with Crippen LogP contribution in [0.4, 0.5) is 0 Å². The molecule has 1 aromatic heterocycles. The summed E-state index contributed by atoms with van der Waals surface area (Å²) in [5.41, 5.74) is 0.702. The molecule has 0 saturated heterocycles. The summed E-state index contributed by atoms with van der Waals surface area (Å²) in [6.45, 7) is 2.91. The molecule has 0 radical (unpaired) electrons. The van der Waals surface area contributed by atoms with E-state index in [1.54, 1.807) is 37.6 Å². The summed E-state index contributed by atoms with van der Waals surface area (Å²) < 4.78 is 7.59. The van der Waals surface area contributed by atoms with Gasteiger partial charge in [0.1, 0.15) is 12.4 Å². The molecule has 2 rings (SSSR count). The number of halogens is 1. The Labute approximate surface area is 111 Å². The largest absolute Gasteiger partial charge is 0.491 e. The van der Waals surface area contributed by atoms with Crippen LogP contribution in [0.3, 0.4) is 0 Å². The van der Waals surface area contributed by atoms with Crippen molar-refractivity contribution >= 4 is 11.6 Å². The van der Waals surface area contributed by atoms with Gasteiger partial charge in [0.15, 0.2) is 0 Å². The Kier molecular flexibility index (Phi) is 4.23. The third-order valence-corrected chi connectivity index (χ3v) is 2.82.